The maximum Gasteiger partial charge on any atom is 0.407 e. The molecular formula is C62H91N11O10. The molecule has 2 atom stereocenters. The molecule has 1 unspecified atom stereocenters. The highest BCUT2D eigenvalue weighted by Gasteiger charge is 2.52. The van der Waals surface area contributed by atoms with Gasteiger partial charge in [-0.05, 0) is 155 Å². The molecule has 454 valence electrons. The Morgan fingerprint density at radius 3 is 1.63 bits per heavy atom. The van der Waals surface area contributed by atoms with Gasteiger partial charge in [0.2, 0.25) is 23.6 Å². The minimum atomic E-state index is -0.896. The number of alkyl carbamates (subject to hydrolysis) is 2. The molecule has 0 spiro atoms. The number of anilines is 3. The topological polar surface area (TPSA) is 281 Å². The summed E-state index contributed by atoms with van der Waals surface area (Å²) >= 11 is 0. The van der Waals surface area contributed by atoms with E-state index in [0.29, 0.717) is 108 Å². The second-order valence-electron chi connectivity index (χ2n) is 24.1. The summed E-state index contributed by atoms with van der Waals surface area (Å²) in [5, 5.41) is 18.8. The Morgan fingerprint density at radius 1 is 0.651 bits per heavy atom. The summed E-state index contributed by atoms with van der Waals surface area (Å²) in [7, 11) is 3.48. The molecule has 0 aromatic heterocycles. The fourth-order valence-corrected chi connectivity index (χ4v) is 11.2. The smallest absolute Gasteiger partial charge is 0.407 e. The van der Waals surface area contributed by atoms with Crippen LogP contribution >= 0.6 is 0 Å². The number of nitrogen functional groups attached to an aromatic ring is 1. The van der Waals surface area contributed by atoms with Crippen LogP contribution in [0.2, 0.25) is 0 Å². The van der Waals surface area contributed by atoms with E-state index in [-0.39, 0.29) is 48.6 Å². The van der Waals surface area contributed by atoms with Gasteiger partial charge in [-0.2, -0.15) is 0 Å². The molecule has 3 aromatic rings. The number of azide groups is 1. The van der Waals surface area contributed by atoms with Gasteiger partial charge >= 0.3 is 12.2 Å². The molecule has 1 aliphatic heterocycles. The monoisotopic (exact) mass is 1150 g/mol. The van der Waals surface area contributed by atoms with Gasteiger partial charge in [-0.1, -0.05) is 61.8 Å². The third-order valence-corrected chi connectivity index (χ3v) is 15.2. The van der Waals surface area contributed by atoms with Crippen molar-refractivity contribution in [3.63, 3.8) is 0 Å². The molecule has 1 fully saturated rings. The molecule has 4 aliphatic rings. The molecule has 21 heteroatoms. The summed E-state index contributed by atoms with van der Waals surface area (Å²) in [6.07, 6.45) is 9.32. The highest BCUT2D eigenvalue weighted by Crippen LogP contribution is 2.62. The molecule has 3 aliphatic carbocycles. The fourth-order valence-electron chi connectivity index (χ4n) is 11.2. The van der Waals surface area contributed by atoms with Gasteiger partial charge in [-0.25, -0.2) is 9.59 Å². The fraction of sp³-hybridized carbons (Fsp3) is 0.613. The molecule has 7 rings (SSSR count). The number of nitrogens with zero attached hydrogens (tertiary/aromatic N) is 5. The van der Waals surface area contributed by atoms with Crippen molar-refractivity contribution < 1.29 is 47.7 Å². The molecule has 1 saturated heterocycles. The second-order valence-corrected chi connectivity index (χ2v) is 24.1. The molecule has 1 heterocycles. The van der Waals surface area contributed by atoms with Gasteiger partial charge in [0.25, 0.3) is 0 Å². The van der Waals surface area contributed by atoms with E-state index in [2.05, 4.69) is 66.9 Å². The first-order valence-corrected chi connectivity index (χ1v) is 29.7. The largest absolute Gasteiger partial charge is 0.444 e. The summed E-state index contributed by atoms with van der Waals surface area (Å²) in [4.78, 5) is 84.4. The number of amides is 6. The number of carbonyl (C=O) groups is 6. The Balaban J connectivity index is 1.09. The molecule has 6 amide bonds. The Labute approximate surface area is 490 Å². The summed E-state index contributed by atoms with van der Waals surface area (Å²) in [6.45, 7) is 14.5. The number of ether oxygens (including phenoxy) is 4. The minimum absolute atomic E-state index is 0.0781. The lowest BCUT2D eigenvalue weighted by Gasteiger charge is -2.51. The molecule has 83 heavy (non-hydrogen) atoms. The summed E-state index contributed by atoms with van der Waals surface area (Å²) in [6, 6.07) is 17.6. The van der Waals surface area contributed by atoms with Crippen molar-refractivity contribution in [1.29, 1.82) is 0 Å². The van der Waals surface area contributed by atoms with Crippen molar-refractivity contribution in [2.24, 2.45) is 5.11 Å². The zero-order valence-corrected chi connectivity index (χ0v) is 50.3. The van der Waals surface area contributed by atoms with Crippen LogP contribution in [0.1, 0.15) is 177 Å². The van der Waals surface area contributed by atoms with Crippen LogP contribution in [0, 0.1) is 0 Å². The normalized spacial score (nSPS) is 17.5. The average molecular weight is 1150 g/mol. The predicted octanol–water partition coefficient (Wildman–Crippen LogP) is 9.79. The van der Waals surface area contributed by atoms with Crippen LogP contribution in [0.4, 0.5) is 26.7 Å². The van der Waals surface area contributed by atoms with E-state index >= 15 is 0 Å². The van der Waals surface area contributed by atoms with E-state index in [1.165, 1.54) is 0 Å². The maximum atomic E-state index is 14.3. The lowest BCUT2D eigenvalue weighted by molar-refractivity contribution is -0.133. The van der Waals surface area contributed by atoms with Crippen molar-refractivity contribution in [2.45, 2.75) is 172 Å². The highest BCUT2D eigenvalue weighted by molar-refractivity contribution is 5.93. The number of hydrogen-bond donors (Lipinski definition) is 6. The molecular weight excluding hydrogens is 1060 g/mol. The van der Waals surface area contributed by atoms with E-state index in [1.54, 1.807) is 23.9 Å². The second kappa shape index (κ2) is 31.1. The van der Waals surface area contributed by atoms with E-state index in [9.17, 15) is 28.8 Å². The number of carbonyl (C=O) groups excluding carboxylic acids is 6. The maximum absolute atomic E-state index is 14.3. The standard InChI is InChI=1S/C62H91N11O10/c1-60(2,3)82-58(78)65-29-17-13-9-11-15-19-53(74)68-43-22-25-47-50(38-43)62(28-27-55(76)72(7)31-33-80-35-36-81-34-32-73(8)57(77)52-40-45(41-67-52)70-71-64)49-37-42(63)21-24-46(49)56(47)48-26-23-44(39-51(48)62)69-54(75)20-16-12-10-14-18-30-66-59(79)83-61(4,5)6/h21-26,37-39,45,52,56,67H,9-20,27-36,40-41,63H2,1-8H3,(H,65,78)(H,66,79)(H,68,74)(H,69,75)/t45?,52-,56?,62?/m0/s1. The number of rotatable bonds is 32. The van der Waals surface area contributed by atoms with Crippen molar-refractivity contribution in [3.8, 4) is 0 Å². The van der Waals surface area contributed by atoms with Crippen molar-refractivity contribution in [1.82, 2.24) is 25.8 Å². The number of unbranched alkanes of at least 4 members (excludes halogenated alkanes) is 8. The van der Waals surface area contributed by atoms with Gasteiger partial charge in [-0.3, -0.25) is 19.2 Å². The Kier molecular flexibility index (Phi) is 24.4. The van der Waals surface area contributed by atoms with Gasteiger partial charge < -0.3 is 61.1 Å². The van der Waals surface area contributed by atoms with Gasteiger partial charge in [-0.15, -0.1) is 0 Å². The molecule has 0 radical (unpaired) electrons. The summed E-state index contributed by atoms with van der Waals surface area (Å²) in [5.41, 5.74) is 21.4. The third kappa shape index (κ3) is 19.6. The number of nitrogens with one attached hydrogen (secondary N) is 5. The lowest BCUT2D eigenvalue weighted by Crippen LogP contribution is -2.43. The minimum Gasteiger partial charge on any atom is -0.444 e. The zero-order valence-electron chi connectivity index (χ0n) is 50.3. The highest BCUT2D eigenvalue weighted by atomic mass is 16.6. The number of benzene rings is 3. The predicted molar refractivity (Wildman–Crippen MR) is 321 cm³/mol. The van der Waals surface area contributed by atoms with Crippen LogP contribution in [-0.2, 0) is 43.5 Å². The van der Waals surface area contributed by atoms with Gasteiger partial charge in [0.1, 0.15) is 11.2 Å². The molecule has 2 bridgehead atoms. The molecule has 7 N–H and O–H groups in total. The lowest BCUT2D eigenvalue weighted by atomic mass is 9.51. The number of likely N-dealkylation sites (N-methyl/N-ethyl adjacent to an activating group) is 2. The van der Waals surface area contributed by atoms with Crippen molar-refractivity contribution in [2.75, 3.05) is 89.6 Å². The first-order chi connectivity index (χ1) is 39.6. The Morgan fingerprint density at radius 2 is 1.12 bits per heavy atom. The number of hydrogen-bond acceptors (Lipinski definition) is 13. The quantitative estimate of drug-likeness (QED) is 0.0112. The SMILES string of the molecule is CN(CCOCCOCCN(C)C(=O)[C@@H]1CC(N=[N+]=[N-])CN1)C(=O)CCC12c3cc(N)ccc3C(c3ccc(NC(=O)CCCCCCCNC(=O)OC(C)(C)C)cc31)c1ccc(NC(=O)CCCCCCCNC(=O)OC(C)(C)C)cc12. The van der Waals surface area contributed by atoms with Crippen LogP contribution in [0.5, 0.6) is 0 Å². The van der Waals surface area contributed by atoms with Crippen LogP contribution in [0.3, 0.4) is 0 Å². The van der Waals surface area contributed by atoms with Crippen LogP contribution in [0.25, 0.3) is 10.4 Å². The molecule has 3 aromatic carbocycles. The van der Waals surface area contributed by atoms with E-state index < -0.39 is 34.8 Å². The zero-order chi connectivity index (χ0) is 60.2. The van der Waals surface area contributed by atoms with Gasteiger partial charge in [0.15, 0.2) is 0 Å². The van der Waals surface area contributed by atoms with E-state index in [1.807, 2.05) is 65.8 Å². The third-order valence-electron chi connectivity index (χ3n) is 15.2. The number of nitrogens with two attached hydrogens (primary N) is 1. The molecule has 21 nitrogen and oxygen atoms in total. The molecule has 0 saturated carbocycles. The first-order valence-electron chi connectivity index (χ1n) is 29.7. The Hall–Kier alpha value is -6.93. The van der Waals surface area contributed by atoms with Crippen LogP contribution in [0.15, 0.2) is 59.7 Å². The van der Waals surface area contributed by atoms with E-state index in [4.69, 9.17) is 30.2 Å². The van der Waals surface area contributed by atoms with Crippen molar-refractivity contribution in [3.05, 3.63) is 98.4 Å². The van der Waals surface area contributed by atoms with Crippen LogP contribution < -0.4 is 32.3 Å². The summed E-state index contributed by atoms with van der Waals surface area (Å²) in [5.74, 6) is -0.513. The van der Waals surface area contributed by atoms with Crippen LogP contribution in [-0.4, -0.2) is 142 Å². The average Bonchev–Trinajstić information content (AvgIpc) is 1.35. The first kappa shape index (κ1) is 65.2. The van der Waals surface area contributed by atoms with E-state index in [0.717, 1.165) is 84.7 Å². The summed E-state index contributed by atoms with van der Waals surface area (Å²) < 4.78 is 22.3. The van der Waals surface area contributed by atoms with Crippen molar-refractivity contribution >= 4 is 52.9 Å². The van der Waals surface area contributed by atoms with Gasteiger partial charge in [0, 0.05) is 99.4 Å². The van der Waals surface area contributed by atoms with Gasteiger partial charge in [0.05, 0.1) is 38.5 Å². The Bertz CT molecular complexity index is 2640.